The molecular formula is C15H18O4. The molecule has 1 atom stereocenters. The van der Waals surface area contributed by atoms with Crippen molar-refractivity contribution in [2.45, 2.75) is 25.7 Å². The lowest BCUT2D eigenvalue weighted by Crippen LogP contribution is -2.31. The molecule has 1 aromatic carbocycles. The van der Waals surface area contributed by atoms with E-state index in [0.717, 1.165) is 5.56 Å². The Morgan fingerprint density at radius 1 is 1.26 bits per heavy atom. The summed E-state index contributed by atoms with van der Waals surface area (Å²) in [5.41, 5.74) is -0.229. The van der Waals surface area contributed by atoms with Gasteiger partial charge in [-0.15, -0.1) is 0 Å². The monoisotopic (exact) mass is 262 g/mol. The number of esters is 1. The molecule has 1 unspecified atom stereocenters. The lowest BCUT2D eigenvalue weighted by molar-refractivity contribution is -0.143. The second kappa shape index (κ2) is 6.73. The summed E-state index contributed by atoms with van der Waals surface area (Å²) in [5.74, 6) is -1.23. The number of rotatable bonds is 6. The van der Waals surface area contributed by atoms with E-state index < -0.39 is 11.4 Å². The number of hydrogen-bond acceptors (Lipinski definition) is 3. The molecule has 4 nitrogen and oxygen atoms in total. The molecule has 0 amide bonds. The summed E-state index contributed by atoms with van der Waals surface area (Å²) in [5, 5.41) is 9.41. The molecule has 1 N–H and O–H groups in total. The predicted octanol–water partition coefficient (Wildman–Crippen LogP) is 2.54. The number of allylic oxidation sites excluding steroid dienone is 1. The summed E-state index contributed by atoms with van der Waals surface area (Å²) in [7, 11) is 0. The van der Waals surface area contributed by atoms with Gasteiger partial charge in [0.15, 0.2) is 0 Å². The summed E-state index contributed by atoms with van der Waals surface area (Å²) in [6.07, 6.45) is 3.73. The zero-order valence-corrected chi connectivity index (χ0v) is 11.1. The van der Waals surface area contributed by atoms with Crippen molar-refractivity contribution in [3.63, 3.8) is 0 Å². The minimum atomic E-state index is -0.978. The first-order chi connectivity index (χ1) is 8.97. The Morgan fingerprint density at radius 2 is 1.89 bits per heavy atom. The lowest BCUT2D eigenvalue weighted by atomic mass is 9.79. The summed E-state index contributed by atoms with van der Waals surface area (Å²) < 4.78 is 4.75. The number of aliphatic carboxylic acids is 1. The normalized spacial score (nSPS) is 14.0. The van der Waals surface area contributed by atoms with Crippen LogP contribution in [0.1, 0.15) is 25.8 Å². The molecule has 0 bridgehead atoms. The summed E-state index contributed by atoms with van der Waals surface area (Å²) in [6, 6.07) is 9.09. The van der Waals surface area contributed by atoms with Crippen LogP contribution in [-0.2, 0) is 19.7 Å². The van der Waals surface area contributed by atoms with Gasteiger partial charge < -0.3 is 9.84 Å². The third kappa shape index (κ3) is 4.25. The molecule has 0 aliphatic heterocycles. The molecule has 0 aliphatic rings. The van der Waals surface area contributed by atoms with Crippen LogP contribution in [0.15, 0.2) is 42.5 Å². The average molecular weight is 262 g/mol. The van der Waals surface area contributed by atoms with Crippen LogP contribution in [0.3, 0.4) is 0 Å². The van der Waals surface area contributed by atoms with Gasteiger partial charge >= 0.3 is 11.9 Å². The second-order valence-electron chi connectivity index (χ2n) is 4.48. The lowest BCUT2D eigenvalue weighted by Gasteiger charge is -2.23. The van der Waals surface area contributed by atoms with Crippen LogP contribution in [0.2, 0.25) is 0 Å². The van der Waals surface area contributed by atoms with Gasteiger partial charge in [-0.1, -0.05) is 42.5 Å². The van der Waals surface area contributed by atoms with Crippen LogP contribution in [0.25, 0.3) is 0 Å². The molecule has 19 heavy (non-hydrogen) atoms. The molecular weight excluding hydrogens is 244 g/mol. The Morgan fingerprint density at radius 3 is 2.42 bits per heavy atom. The maximum absolute atomic E-state index is 11.5. The van der Waals surface area contributed by atoms with E-state index in [-0.39, 0.29) is 12.6 Å². The Labute approximate surface area is 112 Å². The molecule has 1 rings (SSSR count). The van der Waals surface area contributed by atoms with Crippen LogP contribution in [0.5, 0.6) is 0 Å². The van der Waals surface area contributed by atoms with E-state index >= 15 is 0 Å². The maximum Gasteiger partial charge on any atom is 0.314 e. The highest BCUT2D eigenvalue weighted by Gasteiger charge is 2.33. The molecule has 0 saturated carbocycles. The van der Waals surface area contributed by atoms with Gasteiger partial charge in [-0.2, -0.15) is 0 Å². The number of carboxylic acid groups (broad SMARTS) is 1. The smallest absolute Gasteiger partial charge is 0.314 e. The standard InChI is InChI=1S/C15H18O4/c1-12(16)19-11-7-6-10-15(2,14(17)18)13-8-4-3-5-9-13/h3-9H,10-11H2,1-2H3,(H,17,18)/b7-6-. The number of benzene rings is 1. The molecule has 0 aliphatic carbocycles. The largest absolute Gasteiger partial charge is 0.481 e. The van der Waals surface area contributed by atoms with Crippen molar-refractivity contribution >= 4 is 11.9 Å². The highest BCUT2D eigenvalue weighted by molar-refractivity contribution is 5.81. The Balaban J connectivity index is 2.74. The van der Waals surface area contributed by atoms with Gasteiger partial charge in [-0.05, 0) is 18.9 Å². The fourth-order valence-electron chi connectivity index (χ4n) is 1.69. The van der Waals surface area contributed by atoms with Gasteiger partial charge in [0, 0.05) is 6.92 Å². The van der Waals surface area contributed by atoms with E-state index in [2.05, 4.69) is 0 Å². The number of carboxylic acids is 1. The van der Waals surface area contributed by atoms with E-state index in [1.165, 1.54) is 6.92 Å². The quantitative estimate of drug-likeness (QED) is 0.632. The fourth-order valence-corrected chi connectivity index (χ4v) is 1.69. The summed E-state index contributed by atoms with van der Waals surface area (Å²) in [4.78, 5) is 22.1. The molecule has 4 heteroatoms. The van der Waals surface area contributed by atoms with Crippen molar-refractivity contribution in [2.24, 2.45) is 0 Å². The zero-order valence-electron chi connectivity index (χ0n) is 11.1. The van der Waals surface area contributed by atoms with E-state index in [0.29, 0.717) is 6.42 Å². The van der Waals surface area contributed by atoms with Crippen LogP contribution >= 0.6 is 0 Å². The number of ether oxygens (including phenoxy) is 1. The van der Waals surface area contributed by atoms with Crippen molar-refractivity contribution in [2.75, 3.05) is 6.61 Å². The Kier molecular flexibility index (Phi) is 5.30. The van der Waals surface area contributed by atoms with E-state index in [4.69, 9.17) is 4.74 Å². The van der Waals surface area contributed by atoms with E-state index in [1.807, 2.05) is 18.2 Å². The number of carbonyl (C=O) groups is 2. The topological polar surface area (TPSA) is 63.6 Å². The van der Waals surface area contributed by atoms with Gasteiger partial charge in [0.05, 0.1) is 5.41 Å². The maximum atomic E-state index is 11.5. The average Bonchev–Trinajstić information content (AvgIpc) is 2.38. The highest BCUT2D eigenvalue weighted by Crippen LogP contribution is 2.28. The van der Waals surface area contributed by atoms with Crippen molar-refractivity contribution in [3.8, 4) is 0 Å². The Bertz CT molecular complexity index is 464. The molecule has 0 aromatic heterocycles. The van der Waals surface area contributed by atoms with Crippen molar-refractivity contribution < 1.29 is 19.4 Å². The summed E-state index contributed by atoms with van der Waals surface area (Å²) >= 11 is 0. The Hall–Kier alpha value is -2.10. The summed E-state index contributed by atoms with van der Waals surface area (Å²) in [6.45, 7) is 3.18. The molecule has 0 radical (unpaired) electrons. The van der Waals surface area contributed by atoms with Crippen LogP contribution < -0.4 is 0 Å². The van der Waals surface area contributed by atoms with Crippen LogP contribution in [0, 0.1) is 0 Å². The molecule has 102 valence electrons. The van der Waals surface area contributed by atoms with Crippen molar-refractivity contribution in [1.82, 2.24) is 0 Å². The van der Waals surface area contributed by atoms with Gasteiger partial charge in [0.25, 0.3) is 0 Å². The minimum absolute atomic E-state index is 0.166. The first-order valence-corrected chi connectivity index (χ1v) is 6.04. The minimum Gasteiger partial charge on any atom is -0.481 e. The van der Waals surface area contributed by atoms with E-state index in [1.54, 1.807) is 31.2 Å². The molecule has 0 fully saturated rings. The second-order valence-corrected chi connectivity index (χ2v) is 4.48. The van der Waals surface area contributed by atoms with Gasteiger partial charge in [-0.3, -0.25) is 9.59 Å². The third-order valence-electron chi connectivity index (χ3n) is 2.96. The first-order valence-electron chi connectivity index (χ1n) is 6.04. The number of hydrogen-bond donors (Lipinski definition) is 1. The van der Waals surface area contributed by atoms with Crippen LogP contribution in [-0.4, -0.2) is 23.7 Å². The van der Waals surface area contributed by atoms with Gasteiger partial charge in [-0.25, -0.2) is 0 Å². The van der Waals surface area contributed by atoms with E-state index in [9.17, 15) is 14.7 Å². The molecule has 0 heterocycles. The van der Waals surface area contributed by atoms with Gasteiger partial charge in [0.1, 0.15) is 6.61 Å². The number of carbonyl (C=O) groups excluding carboxylic acids is 1. The third-order valence-corrected chi connectivity index (χ3v) is 2.96. The first kappa shape index (κ1) is 15.0. The molecule has 0 saturated heterocycles. The molecule has 0 spiro atoms. The zero-order chi connectivity index (χ0) is 14.3. The van der Waals surface area contributed by atoms with Crippen molar-refractivity contribution in [1.29, 1.82) is 0 Å². The highest BCUT2D eigenvalue weighted by atomic mass is 16.5. The predicted molar refractivity (Wildman–Crippen MR) is 71.8 cm³/mol. The van der Waals surface area contributed by atoms with Crippen molar-refractivity contribution in [3.05, 3.63) is 48.0 Å². The molecule has 1 aromatic rings. The van der Waals surface area contributed by atoms with Crippen LogP contribution in [0.4, 0.5) is 0 Å². The fraction of sp³-hybridized carbons (Fsp3) is 0.333. The van der Waals surface area contributed by atoms with Gasteiger partial charge in [0.2, 0.25) is 0 Å². The SMILES string of the molecule is CC(=O)OC/C=C\CC(C)(C(=O)O)c1ccccc1.